The van der Waals surface area contributed by atoms with Crippen molar-refractivity contribution in [2.24, 2.45) is 5.92 Å². The summed E-state index contributed by atoms with van der Waals surface area (Å²) >= 11 is 6.18. The van der Waals surface area contributed by atoms with Gasteiger partial charge in [0, 0.05) is 17.9 Å². The Morgan fingerprint density at radius 3 is 2.94 bits per heavy atom. The van der Waals surface area contributed by atoms with Crippen LogP contribution in [0.5, 0.6) is 0 Å². The van der Waals surface area contributed by atoms with Crippen LogP contribution in [0, 0.1) is 5.92 Å². The van der Waals surface area contributed by atoms with E-state index in [2.05, 4.69) is 24.1 Å². The summed E-state index contributed by atoms with van der Waals surface area (Å²) in [6, 6.07) is 2.03. The Kier molecular flexibility index (Phi) is 3.50. The lowest BCUT2D eigenvalue weighted by Crippen LogP contribution is -2.46. The maximum Gasteiger partial charge on any atom is 0.0621 e. The summed E-state index contributed by atoms with van der Waals surface area (Å²) in [5.74, 6) is 0.624. The number of aromatic nitrogens is 1. The van der Waals surface area contributed by atoms with E-state index >= 15 is 0 Å². The lowest BCUT2D eigenvalue weighted by atomic mass is 9.80. The van der Waals surface area contributed by atoms with E-state index < -0.39 is 0 Å². The van der Waals surface area contributed by atoms with Crippen LogP contribution in [0.25, 0.3) is 0 Å². The molecule has 2 nitrogen and oxygen atoms in total. The van der Waals surface area contributed by atoms with Crippen LogP contribution >= 0.6 is 11.6 Å². The van der Waals surface area contributed by atoms with Gasteiger partial charge in [-0.25, -0.2) is 0 Å². The summed E-state index contributed by atoms with van der Waals surface area (Å²) in [6.07, 6.45) is 7.07. The molecule has 1 unspecified atom stereocenters. The first-order chi connectivity index (χ1) is 7.64. The van der Waals surface area contributed by atoms with E-state index in [0.29, 0.717) is 5.92 Å². The lowest BCUT2D eigenvalue weighted by molar-refractivity contribution is 0.269. The summed E-state index contributed by atoms with van der Waals surface area (Å²) in [4.78, 5) is 4.03. The van der Waals surface area contributed by atoms with Crippen LogP contribution in [-0.4, -0.2) is 17.1 Å². The van der Waals surface area contributed by atoms with Crippen molar-refractivity contribution in [2.45, 2.75) is 38.6 Å². The summed E-state index contributed by atoms with van der Waals surface area (Å²) in [5.41, 5.74) is 1.44. The van der Waals surface area contributed by atoms with Gasteiger partial charge in [0.2, 0.25) is 0 Å². The van der Waals surface area contributed by atoms with Crippen molar-refractivity contribution in [3.63, 3.8) is 0 Å². The minimum absolute atomic E-state index is 0.227. The minimum Gasteiger partial charge on any atom is -0.311 e. The van der Waals surface area contributed by atoms with Gasteiger partial charge < -0.3 is 5.32 Å². The summed E-state index contributed by atoms with van der Waals surface area (Å²) < 4.78 is 0. The molecule has 2 rings (SSSR count). The van der Waals surface area contributed by atoms with Crippen molar-refractivity contribution < 1.29 is 0 Å². The van der Waals surface area contributed by atoms with Gasteiger partial charge in [0.15, 0.2) is 0 Å². The van der Waals surface area contributed by atoms with E-state index in [1.165, 1.54) is 18.4 Å². The molecule has 3 heteroatoms. The maximum absolute atomic E-state index is 6.18. The molecule has 1 aromatic heterocycles. The van der Waals surface area contributed by atoms with Gasteiger partial charge in [-0.1, -0.05) is 25.4 Å². The SMILES string of the molecule is CC(C)C1(Cc2ccncc2Cl)CCCN1. The summed E-state index contributed by atoms with van der Waals surface area (Å²) in [6.45, 7) is 5.70. The molecule has 0 bridgehead atoms. The molecule has 1 aliphatic heterocycles. The maximum atomic E-state index is 6.18. The Bertz CT molecular complexity index is 357. The minimum atomic E-state index is 0.227. The van der Waals surface area contributed by atoms with Crippen molar-refractivity contribution in [1.29, 1.82) is 0 Å². The molecule has 0 saturated carbocycles. The van der Waals surface area contributed by atoms with Gasteiger partial charge in [-0.15, -0.1) is 0 Å². The van der Waals surface area contributed by atoms with E-state index in [0.717, 1.165) is 18.0 Å². The molecule has 0 aromatic carbocycles. The predicted octanol–water partition coefficient (Wildman–Crippen LogP) is 3.06. The van der Waals surface area contributed by atoms with E-state index in [4.69, 9.17) is 11.6 Å². The molecule has 1 saturated heterocycles. The Morgan fingerprint density at radius 1 is 1.56 bits per heavy atom. The van der Waals surface area contributed by atoms with E-state index in [9.17, 15) is 0 Å². The Balaban J connectivity index is 2.21. The van der Waals surface area contributed by atoms with Gasteiger partial charge in [0.25, 0.3) is 0 Å². The highest BCUT2D eigenvalue weighted by Crippen LogP contribution is 2.32. The Morgan fingerprint density at radius 2 is 2.38 bits per heavy atom. The highest BCUT2D eigenvalue weighted by Gasteiger charge is 2.36. The Labute approximate surface area is 102 Å². The number of halogens is 1. The van der Waals surface area contributed by atoms with Gasteiger partial charge in [0.1, 0.15) is 0 Å². The lowest BCUT2D eigenvalue weighted by Gasteiger charge is -2.34. The standard InChI is InChI=1S/C13H19ClN2/c1-10(2)13(5-3-6-16-13)8-11-4-7-15-9-12(11)14/h4,7,9-10,16H,3,5-6,8H2,1-2H3. The quantitative estimate of drug-likeness (QED) is 0.876. The van der Waals surface area contributed by atoms with Crippen molar-refractivity contribution in [3.05, 3.63) is 29.0 Å². The summed E-state index contributed by atoms with van der Waals surface area (Å²) in [5, 5.41) is 4.45. The number of pyridine rings is 1. The molecule has 1 atom stereocenters. The fourth-order valence-corrected chi connectivity index (χ4v) is 2.75. The molecule has 88 valence electrons. The second-order valence-electron chi connectivity index (χ2n) is 4.99. The largest absolute Gasteiger partial charge is 0.311 e. The average molecular weight is 239 g/mol. The zero-order valence-corrected chi connectivity index (χ0v) is 10.7. The molecule has 1 aromatic rings. The monoisotopic (exact) mass is 238 g/mol. The predicted molar refractivity (Wildman–Crippen MR) is 67.8 cm³/mol. The third kappa shape index (κ3) is 2.23. The molecule has 1 fully saturated rings. The number of nitrogens with zero attached hydrogens (tertiary/aromatic N) is 1. The van der Waals surface area contributed by atoms with Gasteiger partial charge >= 0.3 is 0 Å². The molecular formula is C13H19ClN2. The topological polar surface area (TPSA) is 24.9 Å². The third-order valence-corrected chi connectivity index (χ3v) is 4.08. The first kappa shape index (κ1) is 11.9. The highest BCUT2D eigenvalue weighted by molar-refractivity contribution is 6.31. The van der Waals surface area contributed by atoms with Gasteiger partial charge in [0.05, 0.1) is 5.02 Å². The van der Waals surface area contributed by atoms with Gasteiger partial charge in [-0.2, -0.15) is 0 Å². The molecule has 2 heterocycles. The highest BCUT2D eigenvalue weighted by atomic mass is 35.5. The smallest absolute Gasteiger partial charge is 0.0621 e. The van der Waals surface area contributed by atoms with Crippen LogP contribution in [0.1, 0.15) is 32.3 Å². The normalized spacial score (nSPS) is 25.2. The molecule has 0 spiro atoms. The fourth-order valence-electron chi connectivity index (χ4n) is 2.56. The average Bonchev–Trinajstić information content (AvgIpc) is 2.71. The summed E-state index contributed by atoms with van der Waals surface area (Å²) in [7, 11) is 0. The zero-order valence-electron chi connectivity index (χ0n) is 9.96. The molecule has 1 N–H and O–H groups in total. The molecule has 0 radical (unpaired) electrons. The number of rotatable bonds is 3. The third-order valence-electron chi connectivity index (χ3n) is 3.74. The van der Waals surface area contributed by atoms with Crippen LogP contribution < -0.4 is 5.32 Å². The fraction of sp³-hybridized carbons (Fsp3) is 0.615. The second-order valence-corrected chi connectivity index (χ2v) is 5.39. The van der Waals surface area contributed by atoms with Crippen LogP contribution in [0.4, 0.5) is 0 Å². The van der Waals surface area contributed by atoms with E-state index in [1.54, 1.807) is 6.20 Å². The molecule has 0 aliphatic carbocycles. The van der Waals surface area contributed by atoms with Crippen LogP contribution in [0.15, 0.2) is 18.5 Å². The van der Waals surface area contributed by atoms with E-state index in [-0.39, 0.29) is 5.54 Å². The number of hydrogen-bond donors (Lipinski definition) is 1. The van der Waals surface area contributed by atoms with Crippen molar-refractivity contribution in [2.75, 3.05) is 6.54 Å². The van der Waals surface area contributed by atoms with Crippen LogP contribution in [0.2, 0.25) is 5.02 Å². The second kappa shape index (κ2) is 4.72. The molecule has 1 aliphatic rings. The van der Waals surface area contributed by atoms with Crippen LogP contribution in [-0.2, 0) is 6.42 Å². The first-order valence-corrected chi connectivity index (χ1v) is 6.35. The molecule has 0 amide bonds. The van der Waals surface area contributed by atoms with E-state index in [1.807, 2.05) is 12.3 Å². The Hall–Kier alpha value is -0.600. The molecule has 16 heavy (non-hydrogen) atoms. The number of nitrogens with one attached hydrogen (secondary N) is 1. The van der Waals surface area contributed by atoms with Crippen molar-refractivity contribution in [3.8, 4) is 0 Å². The van der Waals surface area contributed by atoms with Crippen molar-refractivity contribution in [1.82, 2.24) is 10.3 Å². The van der Waals surface area contributed by atoms with Crippen molar-refractivity contribution >= 4 is 11.6 Å². The van der Waals surface area contributed by atoms with Crippen LogP contribution in [0.3, 0.4) is 0 Å². The zero-order chi connectivity index (χ0) is 11.6. The number of hydrogen-bond acceptors (Lipinski definition) is 2. The molecular weight excluding hydrogens is 220 g/mol. The van der Waals surface area contributed by atoms with Gasteiger partial charge in [-0.05, 0) is 43.4 Å². The van der Waals surface area contributed by atoms with Gasteiger partial charge in [-0.3, -0.25) is 4.98 Å². The first-order valence-electron chi connectivity index (χ1n) is 5.97.